The molecule has 3 nitrogen and oxygen atoms in total. The van der Waals surface area contributed by atoms with Gasteiger partial charge in [-0.1, -0.05) is 44.8 Å². The average molecular weight is 400 g/mol. The van der Waals surface area contributed by atoms with Gasteiger partial charge in [0, 0.05) is 27.8 Å². The molecular formula is C15H16Br2N2O. The molecule has 0 spiro atoms. The number of rotatable bonds is 5. The third-order valence-corrected chi connectivity index (χ3v) is 5.58. The molecule has 0 aliphatic carbocycles. The molecular weight excluding hydrogens is 384 g/mol. The van der Waals surface area contributed by atoms with Crippen molar-refractivity contribution in [2.75, 3.05) is 10.7 Å². The van der Waals surface area contributed by atoms with E-state index in [0.717, 1.165) is 17.3 Å². The van der Waals surface area contributed by atoms with Gasteiger partial charge >= 0.3 is 0 Å². The molecule has 1 aromatic carbocycles. The summed E-state index contributed by atoms with van der Waals surface area (Å²) >= 11 is 6.96. The highest BCUT2D eigenvalue weighted by Gasteiger charge is 2.28. The van der Waals surface area contributed by atoms with Crippen LogP contribution in [0.4, 0.5) is 0 Å². The lowest BCUT2D eigenvalue weighted by atomic mass is 10.0. The maximum Gasteiger partial charge on any atom is 0.251 e. The highest BCUT2D eigenvalue weighted by molar-refractivity contribution is 9.09. The second-order valence-electron chi connectivity index (χ2n) is 4.77. The molecule has 1 aromatic heterocycles. The number of fused-ring (bicyclic) bond motifs is 1. The van der Waals surface area contributed by atoms with Crippen LogP contribution in [0.15, 0.2) is 36.5 Å². The molecule has 5 heteroatoms. The lowest BCUT2D eigenvalue weighted by Crippen LogP contribution is -2.51. The number of hydrogen-bond donors (Lipinski definition) is 1. The van der Waals surface area contributed by atoms with Gasteiger partial charge in [0.1, 0.15) is 0 Å². The van der Waals surface area contributed by atoms with E-state index in [-0.39, 0.29) is 11.4 Å². The van der Waals surface area contributed by atoms with E-state index in [1.165, 1.54) is 0 Å². The fourth-order valence-corrected chi connectivity index (χ4v) is 3.91. The Hall–Kier alpha value is -0.940. The molecule has 2 aromatic rings. The average Bonchev–Trinajstić information content (AvgIpc) is 2.52. The smallest absolute Gasteiger partial charge is 0.251 e. The van der Waals surface area contributed by atoms with E-state index >= 15 is 0 Å². The summed E-state index contributed by atoms with van der Waals surface area (Å²) in [5.74, 6) is -0.0588. The van der Waals surface area contributed by atoms with Crippen LogP contribution < -0.4 is 5.32 Å². The van der Waals surface area contributed by atoms with E-state index in [1.807, 2.05) is 30.3 Å². The van der Waals surface area contributed by atoms with Crippen LogP contribution in [0.3, 0.4) is 0 Å². The van der Waals surface area contributed by atoms with Crippen molar-refractivity contribution in [2.24, 2.45) is 0 Å². The second-order valence-corrected chi connectivity index (χ2v) is 5.89. The van der Waals surface area contributed by atoms with Gasteiger partial charge in [0.15, 0.2) is 0 Å². The van der Waals surface area contributed by atoms with E-state index in [0.29, 0.717) is 16.2 Å². The largest absolute Gasteiger partial charge is 0.345 e. The molecule has 1 heterocycles. The summed E-state index contributed by atoms with van der Waals surface area (Å²) in [5, 5.41) is 5.50. The lowest BCUT2D eigenvalue weighted by molar-refractivity contribution is 0.0915. The SMILES string of the molecule is CCC(CBr)(CBr)NC(=O)c1ccc2ncccc2c1. The van der Waals surface area contributed by atoms with Crippen molar-refractivity contribution < 1.29 is 4.79 Å². The maximum absolute atomic E-state index is 12.4. The first kappa shape index (κ1) is 15.4. The minimum atomic E-state index is -0.263. The number of benzene rings is 1. The van der Waals surface area contributed by atoms with Crippen LogP contribution in [-0.4, -0.2) is 27.1 Å². The fourth-order valence-electron chi connectivity index (χ4n) is 1.91. The number of nitrogens with zero attached hydrogens (tertiary/aromatic N) is 1. The van der Waals surface area contributed by atoms with E-state index in [4.69, 9.17) is 0 Å². The van der Waals surface area contributed by atoms with Gasteiger partial charge in [-0.3, -0.25) is 9.78 Å². The Labute approximate surface area is 135 Å². The predicted octanol–water partition coefficient (Wildman–Crippen LogP) is 3.90. The molecule has 0 unspecified atom stereocenters. The fraction of sp³-hybridized carbons (Fsp3) is 0.333. The minimum absolute atomic E-state index is 0.0588. The van der Waals surface area contributed by atoms with Crippen molar-refractivity contribution in [1.82, 2.24) is 10.3 Å². The van der Waals surface area contributed by atoms with Crippen molar-refractivity contribution >= 4 is 48.7 Å². The molecule has 0 saturated carbocycles. The van der Waals surface area contributed by atoms with Crippen LogP contribution in [0, 0.1) is 0 Å². The number of nitrogens with one attached hydrogen (secondary N) is 1. The molecule has 0 aliphatic rings. The molecule has 1 N–H and O–H groups in total. The molecule has 106 valence electrons. The summed E-state index contributed by atoms with van der Waals surface area (Å²) in [6, 6.07) is 9.40. The van der Waals surface area contributed by atoms with Crippen molar-refractivity contribution in [2.45, 2.75) is 18.9 Å². The van der Waals surface area contributed by atoms with Crippen LogP contribution in [0.2, 0.25) is 0 Å². The predicted molar refractivity (Wildman–Crippen MR) is 89.8 cm³/mol. The Morgan fingerprint density at radius 1 is 1.30 bits per heavy atom. The first-order valence-electron chi connectivity index (χ1n) is 6.43. The Morgan fingerprint density at radius 3 is 2.70 bits per heavy atom. The Balaban J connectivity index is 2.27. The number of pyridine rings is 1. The monoisotopic (exact) mass is 398 g/mol. The molecule has 0 bridgehead atoms. The van der Waals surface area contributed by atoms with Crippen LogP contribution in [-0.2, 0) is 0 Å². The molecule has 0 atom stereocenters. The number of carbonyl (C=O) groups excluding carboxylic acids is 1. The first-order valence-corrected chi connectivity index (χ1v) is 8.67. The third-order valence-electron chi connectivity index (χ3n) is 3.43. The van der Waals surface area contributed by atoms with Crippen molar-refractivity contribution in [3.63, 3.8) is 0 Å². The van der Waals surface area contributed by atoms with Gasteiger partial charge in [-0.2, -0.15) is 0 Å². The van der Waals surface area contributed by atoms with Gasteiger partial charge in [-0.15, -0.1) is 0 Å². The second kappa shape index (κ2) is 6.68. The number of carbonyl (C=O) groups is 1. The summed E-state index contributed by atoms with van der Waals surface area (Å²) < 4.78 is 0. The Morgan fingerprint density at radius 2 is 2.05 bits per heavy atom. The van der Waals surface area contributed by atoms with Crippen molar-refractivity contribution in [3.8, 4) is 0 Å². The number of aromatic nitrogens is 1. The van der Waals surface area contributed by atoms with E-state index in [1.54, 1.807) is 6.20 Å². The molecule has 20 heavy (non-hydrogen) atoms. The molecule has 0 saturated heterocycles. The number of hydrogen-bond acceptors (Lipinski definition) is 2. The van der Waals surface area contributed by atoms with Gasteiger partial charge in [0.05, 0.1) is 11.1 Å². The van der Waals surface area contributed by atoms with Crippen LogP contribution in [0.5, 0.6) is 0 Å². The number of alkyl halides is 2. The van der Waals surface area contributed by atoms with Gasteiger partial charge < -0.3 is 5.32 Å². The van der Waals surface area contributed by atoms with E-state index in [9.17, 15) is 4.79 Å². The lowest BCUT2D eigenvalue weighted by Gasteiger charge is -2.30. The number of amides is 1. The van der Waals surface area contributed by atoms with Crippen molar-refractivity contribution in [3.05, 3.63) is 42.1 Å². The maximum atomic E-state index is 12.4. The van der Waals surface area contributed by atoms with Crippen molar-refractivity contribution in [1.29, 1.82) is 0 Å². The highest BCUT2D eigenvalue weighted by atomic mass is 79.9. The van der Waals surface area contributed by atoms with E-state index < -0.39 is 0 Å². The zero-order chi connectivity index (χ0) is 14.6. The first-order chi connectivity index (χ1) is 9.64. The van der Waals surface area contributed by atoms with Gasteiger partial charge in [-0.05, 0) is 30.7 Å². The van der Waals surface area contributed by atoms with Gasteiger partial charge in [0.25, 0.3) is 5.91 Å². The summed E-state index contributed by atoms with van der Waals surface area (Å²) in [5.41, 5.74) is 1.29. The van der Waals surface area contributed by atoms with Crippen LogP contribution >= 0.6 is 31.9 Å². The zero-order valence-corrected chi connectivity index (χ0v) is 14.4. The minimum Gasteiger partial charge on any atom is -0.345 e. The highest BCUT2D eigenvalue weighted by Crippen LogP contribution is 2.19. The molecule has 0 fully saturated rings. The van der Waals surface area contributed by atoms with Gasteiger partial charge in [0.2, 0.25) is 0 Å². The zero-order valence-electron chi connectivity index (χ0n) is 11.2. The quantitative estimate of drug-likeness (QED) is 0.774. The standard InChI is InChI=1S/C15H16Br2N2O/c1-2-15(9-16,10-17)19-14(20)12-5-6-13-11(8-12)4-3-7-18-13/h3-8H,2,9-10H2,1H3,(H,19,20). The Kier molecular flexibility index (Phi) is 5.16. The normalized spacial score (nSPS) is 11.6. The summed E-state index contributed by atoms with van der Waals surface area (Å²) in [6.45, 7) is 2.06. The van der Waals surface area contributed by atoms with Crippen LogP contribution in [0.25, 0.3) is 10.9 Å². The molecule has 2 rings (SSSR count). The third kappa shape index (κ3) is 3.20. The summed E-state index contributed by atoms with van der Waals surface area (Å²) in [6.07, 6.45) is 2.60. The van der Waals surface area contributed by atoms with Crippen LogP contribution in [0.1, 0.15) is 23.7 Å². The molecule has 0 radical (unpaired) electrons. The number of halogens is 2. The Bertz CT molecular complexity index is 603. The summed E-state index contributed by atoms with van der Waals surface area (Å²) in [7, 11) is 0. The molecule has 0 aliphatic heterocycles. The summed E-state index contributed by atoms with van der Waals surface area (Å²) in [4.78, 5) is 16.7. The molecule has 1 amide bonds. The van der Waals surface area contributed by atoms with Gasteiger partial charge in [-0.25, -0.2) is 0 Å². The topological polar surface area (TPSA) is 42.0 Å². The van der Waals surface area contributed by atoms with E-state index in [2.05, 4.69) is 49.1 Å².